The summed E-state index contributed by atoms with van der Waals surface area (Å²) in [6, 6.07) is 5.55. The number of hydrogen-bond acceptors (Lipinski definition) is 7. The summed E-state index contributed by atoms with van der Waals surface area (Å²) in [5, 5.41) is 7.85. The second-order valence-corrected chi connectivity index (χ2v) is 10.6. The fraction of sp³-hybridized carbons (Fsp3) is 0.538. The Morgan fingerprint density at radius 2 is 1.89 bits per heavy atom. The summed E-state index contributed by atoms with van der Waals surface area (Å²) in [7, 11) is 0. The van der Waals surface area contributed by atoms with Crippen LogP contribution >= 0.6 is 11.3 Å². The number of carbonyl (C=O) groups excluding carboxylic acids is 3. The fourth-order valence-electron chi connectivity index (χ4n) is 4.54. The standard InChI is InChI=1S/C26H34N4O5S/c1-17(2)13-30(25(33)19-6-4-3-5-7-19)14-24(32)29-26-28-20(15-36-26)11-23(31)27-12-18-8-9-21-22(10-18)35-16-34-21/h8-10,15,17,19H,3-7,11-14,16H2,1-2H3,(H,27,31)(H,28,29,32). The van der Waals surface area contributed by atoms with Crippen molar-refractivity contribution in [2.45, 2.75) is 58.9 Å². The molecular weight excluding hydrogens is 480 g/mol. The molecule has 2 aliphatic rings. The lowest BCUT2D eigenvalue weighted by molar-refractivity contribution is -0.139. The molecule has 0 radical (unpaired) electrons. The van der Waals surface area contributed by atoms with E-state index < -0.39 is 0 Å². The minimum Gasteiger partial charge on any atom is -0.454 e. The maximum absolute atomic E-state index is 13.0. The highest BCUT2D eigenvalue weighted by Gasteiger charge is 2.28. The molecule has 0 bridgehead atoms. The van der Waals surface area contributed by atoms with Gasteiger partial charge in [0.2, 0.25) is 24.5 Å². The van der Waals surface area contributed by atoms with E-state index in [1.807, 2.05) is 32.0 Å². The molecule has 1 aliphatic carbocycles. The highest BCUT2D eigenvalue weighted by molar-refractivity contribution is 7.13. The number of benzene rings is 1. The number of carbonyl (C=O) groups is 3. The fourth-order valence-corrected chi connectivity index (χ4v) is 5.26. The lowest BCUT2D eigenvalue weighted by Gasteiger charge is -2.30. The molecule has 0 atom stereocenters. The van der Waals surface area contributed by atoms with Gasteiger partial charge in [-0.1, -0.05) is 39.2 Å². The highest BCUT2D eigenvalue weighted by atomic mass is 32.1. The van der Waals surface area contributed by atoms with Gasteiger partial charge in [-0.15, -0.1) is 11.3 Å². The SMILES string of the molecule is CC(C)CN(CC(=O)Nc1nc(CC(=O)NCc2ccc3c(c2)OCO3)cs1)C(=O)C1CCCCC1. The summed E-state index contributed by atoms with van der Waals surface area (Å²) >= 11 is 1.27. The number of amides is 3. The second kappa shape index (κ2) is 12.2. The van der Waals surface area contributed by atoms with Crippen molar-refractivity contribution in [3.8, 4) is 11.5 Å². The van der Waals surface area contributed by atoms with Crippen LogP contribution in [0.1, 0.15) is 57.2 Å². The zero-order valence-electron chi connectivity index (χ0n) is 20.9. The van der Waals surface area contributed by atoms with Crippen molar-refractivity contribution in [1.29, 1.82) is 0 Å². The zero-order valence-corrected chi connectivity index (χ0v) is 21.7. The van der Waals surface area contributed by atoms with Crippen LogP contribution < -0.4 is 20.1 Å². The van der Waals surface area contributed by atoms with Crippen LogP contribution in [0.15, 0.2) is 23.6 Å². The van der Waals surface area contributed by atoms with Crippen LogP contribution in [0.4, 0.5) is 5.13 Å². The van der Waals surface area contributed by atoms with E-state index in [4.69, 9.17) is 9.47 Å². The van der Waals surface area contributed by atoms with E-state index in [0.29, 0.717) is 35.4 Å². The molecule has 1 aromatic carbocycles. The summed E-state index contributed by atoms with van der Waals surface area (Å²) in [6.07, 6.45) is 5.24. The Bertz CT molecular complexity index is 1080. The van der Waals surface area contributed by atoms with Crippen LogP contribution in [0.5, 0.6) is 11.5 Å². The Morgan fingerprint density at radius 3 is 2.67 bits per heavy atom. The van der Waals surface area contributed by atoms with Gasteiger partial charge in [0.25, 0.3) is 0 Å². The zero-order chi connectivity index (χ0) is 25.5. The lowest BCUT2D eigenvalue weighted by atomic mass is 9.88. The van der Waals surface area contributed by atoms with Crippen LogP contribution in [0, 0.1) is 11.8 Å². The van der Waals surface area contributed by atoms with Gasteiger partial charge in [0.15, 0.2) is 16.6 Å². The van der Waals surface area contributed by atoms with Crippen molar-refractivity contribution >= 4 is 34.2 Å². The topological polar surface area (TPSA) is 110 Å². The monoisotopic (exact) mass is 514 g/mol. The molecule has 2 aromatic rings. The molecule has 4 rings (SSSR count). The Kier molecular flexibility index (Phi) is 8.79. The molecule has 0 unspecified atom stereocenters. The number of fused-ring (bicyclic) bond motifs is 1. The van der Waals surface area contributed by atoms with Crippen molar-refractivity contribution in [1.82, 2.24) is 15.2 Å². The largest absolute Gasteiger partial charge is 0.454 e. The summed E-state index contributed by atoms with van der Waals surface area (Å²) in [6.45, 7) is 5.23. The number of anilines is 1. The van der Waals surface area contributed by atoms with E-state index in [1.165, 1.54) is 17.8 Å². The van der Waals surface area contributed by atoms with Crippen LogP contribution in [-0.4, -0.2) is 47.5 Å². The Hall–Kier alpha value is -3.14. The average molecular weight is 515 g/mol. The van der Waals surface area contributed by atoms with Crippen molar-refractivity contribution in [2.75, 3.05) is 25.2 Å². The van der Waals surface area contributed by atoms with Gasteiger partial charge in [0, 0.05) is 24.4 Å². The van der Waals surface area contributed by atoms with E-state index in [0.717, 1.165) is 31.2 Å². The van der Waals surface area contributed by atoms with Crippen LogP contribution in [-0.2, 0) is 27.3 Å². The molecule has 10 heteroatoms. The number of ether oxygens (including phenoxy) is 2. The maximum Gasteiger partial charge on any atom is 0.245 e. The highest BCUT2D eigenvalue weighted by Crippen LogP contribution is 2.32. The van der Waals surface area contributed by atoms with Gasteiger partial charge in [-0.2, -0.15) is 0 Å². The van der Waals surface area contributed by atoms with Gasteiger partial charge < -0.3 is 25.0 Å². The second-order valence-electron chi connectivity index (χ2n) is 9.78. The summed E-state index contributed by atoms with van der Waals surface area (Å²) in [5.41, 5.74) is 1.49. The average Bonchev–Trinajstić information content (AvgIpc) is 3.51. The van der Waals surface area contributed by atoms with Gasteiger partial charge in [0.1, 0.15) is 0 Å². The quantitative estimate of drug-likeness (QED) is 0.500. The number of rotatable bonds is 10. The van der Waals surface area contributed by atoms with Crippen LogP contribution in [0.25, 0.3) is 0 Å². The Balaban J connectivity index is 1.25. The first-order chi connectivity index (χ1) is 17.4. The molecule has 9 nitrogen and oxygen atoms in total. The van der Waals surface area contributed by atoms with Gasteiger partial charge in [-0.3, -0.25) is 14.4 Å². The smallest absolute Gasteiger partial charge is 0.245 e. The molecule has 1 aromatic heterocycles. The minimum atomic E-state index is -0.270. The predicted molar refractivity (Wildman–Crippen MR) is 137 cm³/mol. The van der Waals surface area contributed by atoms with E-state index in [1.54, 1.807) is 10.3 Å². The van der Waals surface area contributed by atoms with Crippen molar-refractivity contribution in [3.63, 3.8) is 0 Å². The van der Waals surface area contributed by atoms with Crippen molar-refractivity contribution in [2.24, 2.45) is 11.8 Å². The molecule has 1 fully saturated rings. The maximum atomic E-state index is 13.0. The molecule has 3 amide bonds. The van der Waals surface area contributed by atoms with E-state index >= 15 is 0 Å². The summed E-state index contributed by atoms with van der Waals surface area (Å²) < 4.78 is 10.7. The van der Waals surface area contributed by atoms with Crippen LogP contribution in [0.3, 0.4) is 0 Å². The third-order valence-corrected chi connectivity index (χ3v) is 7.06. The van der Waals surface area contributed by atoms with Crippen molar-refractivity contribution < 1.29 is 23.9 Å². The normalized spacial score (nSPS) is 15.1. The van der Waals surface area contributed by atoms with Gasteiger partial charge in [-0.25, -0.2) is 4.98 Å². The third-order valence-electron chi connectivity index (χ3n) is 6.25. The number of aromatic nitrogens is 1. The predicted octanol–water partition coefficient (Wildman–Crippen LogP) is 3.73. The molecule has 2 heterocycles. The first-order valence-electron chi connectivity index (χ1n) is 12.6. The van der Waals surface area contributed by atoms with Gasteiger partial charge in [0.05, 0.1) is 18.7 Å². The van der Waals surface area contributed by atoms with E-state index in [9.17, 15) is 14.4 Å². The minimum absolute atomic E-state index is 0.0123. The molecule has 2 N–H and O–H groups in total. The molecule has 194 valence electrons. The molecule has 36 heavy (non-hydrogen) atoms. The van der Waals surface area contributed by atoms with Crippen LogP contribution in [0.2, 0.25) is 0 Å². The molecule has 1 aliphatic heterocycles. The molecule has 1 saturated carbocycles. The van der Waals surface area contributed by atoms with E-state index in [-0.39, 0.29) is 49.3 Å². The molecular formula is C26H34N4O5S. The molecule has 0 saturated heterocycles. The Morgan fingerprint density at radius 1 is 1.11 bits per heavy atom. The number of hydrogen-bond donors (Lipinski definition) is 2. The van der Waals surface area contributed by atoms with Crippen molar-refractivity contribution in [3.05, 3.63) is 34.8 Å². The Labute approximate surface area is 215 Å². The lowest BCUT2D eigenvalue weighted by Crippen LogP contribution is -2.43. The number of thiazole rings is 1. The molecule has 0 spiro atoms. The summed E-state index contributed by atoms with van der Waals surface area (Å²) in [4.78, 5) is 44.2. The summed E-state index contributed by atoms with van der Waals surface area (Å²) in [5.74, 6) is 1.31. The van der Waals surface area contributed by atoms with Gasteiger partial charge >= 0.3 is 0 Å². The first-order valence-corrected chi connectivity index (χ1v) is 13.4. The first kappa shape index (κ1) is 25.9. The number of nitrogens with one attached hydrogen (secondary N) is 2. The third kappa shape index (κ3) is 7.19. The van der Waals surface area contributed by atoms with E-state index in [2.05, 4.69) is 15.6 Å². The van der Waals surface area contributed by atoms with Gasteiger partial charge in [-0.05, 0) is 36.5 Å². The number of nitrogens with zero attached hydrogens (tertiary/aromatic N) is 2.